The Balaban J connectivity index is 3.36. The van der Waals surface area contributed by atoms with Crippen LogP contribution in [0.25, 0.3) is 0 Å². The summed E-state index contributed by atoms with van der Waals surface area (Å²) in [5.41, 5.74) is 0. The molecule has 15 heavy (non-hydrogen) atoms. The Morgan fingerprint density at radius 3 is 2.00 bits per heavy atom. The molecule has 4 nitrogen and oxygen atoms in total. The fraction of sp³-hybridized carbons (Fsp3) is 0.143. The molecule has 0 aliphatic heterocycles. The number of hydrogen-bond acceptors (Lipinski definition) is 3. The van der Waals surface area contributed by atoms with E-state index >= 15 is 0 Å². The molecule has 8 heteroatoms. The second-order valence-corrected chi connectivity index (χ2v) is 7.85. The number of halogens is 2. The van der Waals surface area contributed by atoms with E-state index in [0.717, 1.165) is 0 Å². The van der Waals surface area contributed by atoms with E-state index in [2.05, 4.69) is 3.77 Å². The lowest BCUT2D eigenvalue weighted by Crippen LogP contribution is -1.99. The average Bonchev–Trinajstić information content (AvgIpc) is 2.00. The topological polar surface area (TPSA) is 63.6 Å². The summed E-state index contributed by atoms with van der Waals surface area (Å²) in [6.07, 6.45) is 1.19. The second kappa shape index (κ2) is 4.29. The molecule has 1 atom stereocenters. The second-order valence-electron chi connectivity index (χ2n) is 2.74. The molecule has 0 saturated carbocycles. The van der Waals surface area contributed by atoms with Crippen LogP contribution in [0.2, 0.25) is 5.02 Å². The predicted molar refractivity (Wildman–Crippen MR) is 61.0 cm³/mol. The third-order valence-electron chi connectivity index (χ3n) is 1.48. The maximum atomic E-state index is 11.8. The first kappa shape index (κ1) is 12.8. The average molecular weight is 288 g/mol. The lowest BCUT2D eigenvalue weighted by Gasteiger charge is -2.02. The zero-order valence-electron chi connectivity index (χ0n) is 7.55. The number of nitrogens with zero attached hydrogens (tertiary/aromatic N) is 1. The Morgan fingerprint density at radius 2 is 1.60 bits per heavy atom. The molecule has 0 aliphatic carbocycles. The number of hydrogen-bond donors (Lipinski definition) is 0. The van der Waals surface area contributed by atoms with Crippen molar-refractivity contribution in [1.29, 1.82) is 0 Å². The van der Waals surface area contributed by atoms with Gasteiger partial charge in [-0.25, -0.2) is 4.21 Å². The van der Waals surface area contributed by atoms with Crippen molar-refractivity contribution in [1.82, 2.24) is 0 Å². The first-order chi connectivity index (χ1) is 6.71. The minimum atomic E-state index is -4.15. The fourth-order valence-corrected chi connectivity index (χ4v) is 4.34. The maximum absolute atomic E-state index is 11.8. The summed E-state index contributed by atoms with van der Waals surface area (Å²) in [5, 5.41) is 0.461. The summed E-state index contributed by atoms with van der Waals surface area (Å²) < 4.78 is 36.3. The Labute approximate surface area is 97.9 Å². The molecule has 0 spiro atoms. The minimum Gasteiger partial charge on any atom is -0.244 e. The standard InChI is InChI=1S/C7H7Cl2NO3S2/c1-14(11,10-15(9,12)13)7-4-2-6(8)3-5-7/h2-5H,1H3/t14-/m0/s1. The van der Waals surface area contributed by atoms with Gasteiger partial charge < -0.3 is 0 Å². The Morgan fingerprint density at radius 1 is 1.13 bits per heavy atom. The number of rotatable bonds is 2. The van der Waals surface area contributed by atoms with Crippen molar-refractivity contribution in [2.24, 2.45) is 3.77 Å². The van der Waals surface area contributed by atoms with Crippen molar-refractivity contribution in [3.63, 3.8) is 0 Å². The molecule has 0 saturated heterocycles. The van der Waals surface area contributed by atoms with Gasteiger partial charge in [0.25, 0.3) is 0 Å². The van der Waals surface area contributed by atoms with E-state index in [0.29, 0.717) is 5.02 Å². The molecule has 0 radical (unpaired) electrons. The zero-order chi connectivity index (χ0) is 11.7. The Bertz CT molecular complexity index is 571. The Kier molecular flexibility index (Phi) is 3.65. The highest BCUT2D eigenvalue weighted by molar-refractivity contribution is 8.17. The largest absolute Gasteiger partial charge is 0.347 e. The monoisotopic (exact) mass is 287 g/mol. The summed E-state index contributed by atoms with van der Waals surface area (Å²) in [6, 6.07) is 5.87. The van der Waals surface area contributed by atoms with Crippen molar-refractivity contribution in [2.75, 3.05) is 6.26 Å². The van der Waals surface area contributed by atoms with E-state index in [1.54, 1.807) is 0 Å². The zero-order valence-corrected chi connectivity index (χ0v) is 10.7. The predicted octanol–water partition coefficient (Wildman–Crippen LogP) is 2.28. The molecule has 0 unspecified atom stereocenters. The van der Waals surface area contributed by atoms with Gasteiger partial charge in [0.2, 0.25) is 0 Å². The molecule has 0 amide bonds. The van der Waals surface area contributed by atoms with Crippen LogP contribution in [0.4, 0.5) is 0 Å². The normalized spacial score (nSPS) is 15.7. The summed E-state index contributed by atoms with van der Waals surface area (Å²) in [4.78, 5) is 0.260. The third kappa shape index (κ3) is 3.98. The minimum absolute atomic E-state index is 0.260. The highest BCUT2D eigenvalue weighted by Crippen LogP contribution is 2.17. The van der Waals surface area contributed by atoms with Crippen LogP contribution in [0.3, 0.4) is 0 Å². The summed E-state index contributed by atoms with van der Waals surface area (Å²) in [7, 11) is -2.29. The van der Waals surface area contributed by atoms with Crippen molar-refractivity contribution >= 4 is 41.2 Å². The highest BCUT2D eigenvalue weighted by Gasteiger charge is 2.11. The first-order valence-corrected chi connectivity index (χ1v) is 8.21. The van der Waals surface area contributed by atoms with E-state index in [1.807, 2.05) is 0 Å². The molecule has 0 N–H and O–H groups in total. The molecule has 1 aromatic rings. The van der Waals surface area contributed by atoms with Crippen LogP contribution < -0.4 is 0 Å². The van der Waals surface area contributed by atoms with Gasteiger partial charge in [-0.2, -0.15) is 8.42 Å². The molecule has 0 heterocycles. The molecule has 0 bridgehead atoms. The smallest absolute Gasteiger partial charge is 0.244 e. The van der Waals surface area contributed by atoms with Crippen LogP contribution in [0.15, 0.2) is 32.9 Å². The lowest BCUT2D eigenvalue weighted by atomic mass is 10.4. The molecule has 84 valence electrons. The number of benzene rings is 1. The van der Waals surface area contributed by atoms with Gasteiger partial charge in [-0.1, -0.05) is 15.4 Å². The lowest BCUT2D eigenvalue weighted by molar-refractivity contribution is 0.611. The van der Waals surface area contributed by atoms with Crippen molar-refractivity contribution < 1.29 is 12.6 Å². The molecule has 0 aromatic heterocycles. The van der Waals surface area contributed by atoms with Gasteiger partial charge >= 0.3 is 9.24 Å². The van der Waals surface area contributed by atoms with Gasteiger partial charge in [-0.15, -0.1) is 0 Å². The Hall–Kier alpha value is -0.300. The van der Waals surface area contributed by atoms with Crippen LogP contribution in [0.5, 0.6) is 0 Å². The summed E-state index contributed by atoms with van der Waals surface area (Å²) in [6.45, 7) is 0. The summed E-state index contributed by atoms with van der Waals surface area (Å²) in [5.74, 6) is 0. The molecular formula is C7H7Cl2NO3S2. The van der Waals surface area contributed by atoms with E-state index < -0.39 is 19.0 Å². The van der Waals surface area contributed by atoms with Crippen LogP contribution in [-0.4, -0.2) is 18.9 Å². The van der Waals surface area contributed by atoms with Crippen LogP contribution in [0, 0.1) is 0 Å². The highest BCUT2D eigenvalue weighted by atomic mass is 35.7. The van der Waals surface area contributed by atoms with Crippen LogP contribution >= 0.6 is 22.3 Å². The van der Waals surface area contributed by atoms with Crippen LogP contribution in [-0.2, 0) is 19.0 Å². The maximum Gasteiger partial charge on any atom is 0.347 e. The van der Waals surface area contributed by atoms with Gasteiger partial charge in [0.05, 0.1) is 9.73 Å². The van der Waals surface area contributed by atoms with E-state index in [9.17, 15) is 12.6 Å². The van der Waals surface area contributed by atoms with Crippen molar-refractivity contribution in [3.8, 4) is 0 Å². The molecule has 0 fully saturated rings. The molecular weight excluding hydrogens is 281 g/mol. The van der Waals surface area contributed by atoms with Crippen LogP contribution in [0.1, 0.15) is 0 Å². The van der Waals surface area contributed by atoms with E-state index in [4.69, 9.17) is 22.3 Å². The van der Waals surface area contributed by atoms with Gasteiger partial charge in [0, 0.05) is 26.9 Å². The van der Waals surface area contributed by atoms with Gasteiger partial charge in [-0.3, -0.25) is 0 Å². The molecule has 1 aromatic carbocycles. The SMILES string of the molecule is C[S@@](=O)(=NS(=O)(=O)Cl)c1ccc(Cl)cc1. The van der Waals surface area contributed by atoms with Crippen molar-refractivity contribution in [3.05, 3.63) is 29.3 Å². The summed E-state index contributed by atoms with van der Waals surface area (Å²) >= 11 is 5.63. The first-order valence-electron chi connectivity index (χ1n) is 3.64. The quantitative estimate of drug-likeness (QED) is 0.784. The van der Waals surface area contributed by atoms with E-state index in [1.165, 1.54) is 30.5 Å². The van der Waals surface area contributed by atoms with Crippen molar-refractivity contribution in [2.45, 2.75) is 4.90 Å². The van der Waals surface area contributed by atoms with E-state index in [-0.39, 0.29) is 4.90 Å². The molecule has 0 aliphatic rings. The van der Waals surface area contributed by atoms with Gasteiger partial charge in [0.15, 0.2) is 0 Å². The third-order valence-corrected chi connectivity index (χ3v) is 5.24. The fourth-order valence-electron chi connectivity index (χ4n) is 0.900. The van der Waals surface area contributed by atoms with Gasteiger partial charge in [-0.05, 0) is 24.3 Å². The molecule has 1 rings (SSSR count). The van der Waals surface area contributed by atoms with Gasteiger partial charge in [0.1, 0.15) is 0 Å².